The number of sulfone groups is 1. The number of fused-ring (bicyclic) bond motifs is 1. The minimum atomic E-state index is -4.05. The molecule has 1 aromatic heterocycles. The topological polar surface area (TPSA) is 82.9 Å². The van der Waals surface area contributed by atoms with E-state index in [1.165, 1.54) is 17.3 Å². The van der Waals surface area contributed by atoms with Crippen LogP contribution < -0.4 is 5.01 Å². The number of piperidine rings is 1. The van der Waals surface area contributed by atoms with Gasteiger partial charge in [0.25, 0.3) is 5.91 Å². The second-order valence-corrected chi connectivity index (χ2v) is 9.06. The summed E-state index contributed by atoms with van der Waals surface area (Å²) in [7, 11) is -4.05. The molecule has 1 saturated heterocycles. The molecule has 1 aromatic carbocycles. The van der Waals surface area contributed by atoms with Gasteiger partial charge in [-0.3, -0.25) is 4.79 Å². The number of nitrogens with zero attached hydrogens (tertiary/aromatic N) is 4. The van der Waals surface area contributed by atoms with E-state index in [1.54, 1.807) is 11.0 Å². The number of aromatic nitrogens is 1. The number of anilines is 2. The van der Waals surface area contributed by atoms with Crippen molar-refractivity contribution < 1.29 is 13.2 Å². The highest BCUT2D eigenvalue weighted by Crippen LogP contribution is 2.35. The Morgan fingerprint density at radius 3 is 2.61 bits per heavy atom. The molecule has 1 fully saturated rings. The number of benzene rings is 1. The number of carbonyl (C=O) groups excluding carboxylic acids is 1. The van der Waals surface area contributed by atoms with Gasteiger partial charge in [-0.1, -0.05) is 17.7 Å². The van der Waals surface area contributed by atoms with Crippen molar-refractivity contribution in [2.75, 3.05) is 11.6 Å². The second-order valence-electron chi connectivity index (χ2n) is 7.22. The van der Waals surface area contributed by atoms with E-state index in [2.05, 4.69) is 10.1 Å². The Balaban J connectivity index is 1.85. The van der Waals surface area contributed by atoms with Crippen molar-refractivity contribution in [2.45, 2.75) is 44.0 Å². The lowest BCUT2D eigenvalue weighted by atomic mass is 10.0. The zero-order valence-electron chi connectivity index (χ0n) is 15.9. The molecule has 1 amide bonds. The largest absolute Gasteiger partial charge is 0.334 e. The molecule has 2 aliphatic heterocycles. The lowest BCUT2D eigenvalue weighted by Crippen LogP contribution is -2.48. The van der Waals surface area contributed by atoms with E-state index >= 15 is 0 Å². The minimum absolute atomic E-state index is 0.00131. The van der Waals surface area contributed by atoms with Gasteiger partial charge in [0.15, 0.2) is 5.82 Å². The van der Waals surface area contributed by atoms with Crippen molar-refractivity contribution in [3.05, 3.63) is 48.2 Å². The molecule has 28 heavy (non-hydrogen) atoms. The zero-order valence-corrected chi connectivity index (χ0v) is 16.7. The molecule has 3 heterocycles. The molecule has 8 heteroatoms. The van der Waals surface area contributed by atoms with Crippen molar-refractivity contribution in [2.24, 2.45) is 5.10 Å². The zero-order chi connectivity index (χ0) is 19.9. The van der Waals surface area contributed by atoms with Crippen molar-refractivity contribution in [1.82, 2.24) is 9.88 Å². The highest BCUT2D eigenvalue weighted by molar-refractivity contribution is 8.08. The van der Waals surface area contributed by atoms with E-state index in [9.17, 15) is 13.2 Å². The number of hydrogen-bond acceptors (Lipinski definition) is 6. The maximum absolute atomic E-state index is 13.2. The van der Waals surface area contributed by atoms with Crippen LogP contribution in [0.25, 0.3) is 0 Å². The van der Waals surface area contributed by atoms with Crippen LogP contribution in [0, 0.1) is 6.92 Å². The number of hydrogen-bond donors (Lipinski definition) is 0. The van der Waals surface area contributed by atoms with Crippen LogP contribution in [0.4, 0.5) is 11.5 Å². The molecular weight excluding hydrogens is 376 g/mol. The Morgan fingerprint density at radius 2 is 1.89 bits per heavy atom. The Labute approximate surface area is 164 Å². The minimum Gasteiger partial charge on any atom is -0.334 e. The van der Waals surface area contributed by atoms with E-state index in [4.69, 9.17) is 0 Å². The molecule has 1 atom stereocenters. The first-order valence-corrected chi connectivity index (χ1v) is 10.8. The van der Waals surface area contributed by atoms with Gasteiger partial charge in [-0.25, -0.2) is 18.4 Å². The molecule has 146 valence electrons. The maximum Gasteiger partial charge on any atom is 0.286 e. The first-order valence-electron chi connectivity index (χ1n) is 9.36. The van der Waals surface area contributed by atoms with Crippen molar-refractivity contribution >= 4 is 32.3 Å². The maximum atomic E-state index is 13.2. The van der Waals surface area contributed by atoms with Crippen LogP contribution in [0.1, 0.15) is 31.7 Å². The Morgan fingerprint density at radius 1 is 1.14 bits per heavy atom. The third-order valence-corrected chi connectivity index (χ3v) is 6.87. The number of amides is 1. The third-order valence-electron chi connectivity index (χ3n) is 5.21. The number of pyridine rings is 1. The number of carbonyl (C=O) groups is 1. The predicted octanol–water partition coefficient (Wildman–Crippen LogP) is 3.03. The normalized spacial score (nSPS) is 21.1. The number of hydrazone groups is 1. The van der Waals surface area contributed by atoms with Crippen molar-refractivity contribution in [1.29, 1.82) is 0 Å². The predicted molar refractivity (Wildman–Crippen MR) is 107 cm³/mol. The van der Waals surface area contributed by atoms with Crippen LogP contribution in [0.2, 0.25) is 0 Å². The Kier molecular flexibility index (Phi) is 4.66. The van der Waals surface area contributed by atoms with E-state index in [-0.39, 0.29) is 16.8 Å². The van der Waals surface area contributed by atoms with Crippen LogP contribution in [-0.4, -0.2) is 41.8 Å². The van der Waals surface area contributed by atoms with Crippen LogP contribution in [0.3, 0.4) is 0 Å². The monoisotopic (exact) mass is 398 g/mol. The molecule has 0 aliphatic carbocycles. The third kappa shape index (κ3) is 3.07. The van der Waals surface area contributed by atoms with Gasteiger partial charge < -0.3 is 4.90 Å². The Bertz CT molecular complexity index is 1050. The Hall–Kier alpha value is -2.74. The van der Waals surface area contributed by atoms with Crippen LogP contribution in [0.5, 0.6) is 0 Å². The standard InChI is InChI=1S/C20H22N4O3S/c1-14-8-10-16(11-9-14)24-18-17(7-5-12-21-18)28(26,27)19(22-24)20(25)23-13-4-3-6-15(23)2/h5,7-12,15H,3-4,6,13H2,1-2H3/t15-/m1/s1. The van der Waals surface area contributed by atoms with Gasteiger partial charge in [0.1, 0.15) is 4.90 Å². The first kappa shape index (κ1) is 18.6. The molecule has 0 bridgehead atoms. The molecular formula is C20H22N4O3S. The number of likely N-dealkylation sites (tertiary alicyclic amines) is 1. The van der Waals surface area contributed by atoms with E-state index in [0.29, 0.717) is 12.2 Å². The fourth-order valence-corrected chi connectivity index (χ4v) is 4.98. The highest BCUT2D eigenvalue weighted by Gasteiger charge is 2.41. The molecule has 0 N–H and O–H groups in total. The smallest absolute Gasteiger partial charge is 0.286 e. The summed E-state index contributed by atoms with van der Waals surface area (Å²) in [6.07, 6.45) is 4.28. The summed E-state index contributed by atoms with van der Waals surface area (Å²) in [5, 5.41) is 5.29. The lowest BCUT2D eigenvalue weighted by molar-refractivity contribution is -0.126. The second kappa shape index (κ2) is 7.01. The first-order chi connectivity index (χ1) is 13.4. The van der Waals surface area contributed by atoms with Gasteiger partial charge in [-0.2, -0.15) is 0 Å². The van der Waals surface area contributed by atoms with Gasteiger partial charge in [-0.05, 0) is 57.4 Å². The van der Waals surface area contributed by atoms with Crippen molar-refractivity contribution in [3.8, 4) is 0 Å². The van der Waals surface area contributed by atoms with Crippen LogP contribution >= 0.6 is 0 Å². The van der Waals surface area contributed by atoms with Crippen LogP contribution in [0.15, 0.2) is 52.6 Å². The van der Waals surface area contributed by atoms with E-state index in [0.717, 1.165) is 24.8 Å². The highest BCUT2D eigenvalue weighted by atomic mass is 32.2. The van der Waals surface area contributed by atoms with E-state index in [1.807, 2.05) is 38.1 Å². The quantitative estimate of drug-likeness (QED) is 0.776. The summed E-state index contributed by atoms with van der Waals surface area (Å²) < 4.78 is 26.4. The number of rotatable bonds is 2. The van der Waals surface area contributed by atoms with E-state index < -0.39 is 20.8 Å². The van der Waals surface area contributed by atoms with Gasteiger partial charge in [0.2, 0.25) is 14.9 Å². The lowest BCUT2D eigenvalue weighted by Gasteiger charge is -2.34. The fourth-order valence-electron chi connectivity index (χ4n) is 3.59. The summed E-state index contributed by atoms with van der Waals surface area (Å²) in [5.41, 5.74) is 1.72. The molecule has 2 aromatic rings. The van der Waals surface area contributed by atoms with Gasteiger partial charge in [-0.15, -0.1) is 5.10 Å². The number of aryl methyl sites for hydroxylation is 1. The fraction of sp³-hybridized carbons (Fsp3) is 0.350. The average molecular weight is 398 g/mol. The summed E-state index contributed by atoms with van der Waals surface area (Å²) in [5.74, 6) is -0.339. The van der Waals surface area contributed by atoms with Gasteiger partial charge in [0, 0.05) is 18.8 Å². The molecule has 7 nitrogen and oxygen atoms in total. The SMILES string of the molecule is Cc1ccc(N2N=C(C(=O)N3CCCC[C@H]3C)S(=O)(=O)c3cccnc32)cc1. The summed E-state index contributed by atoms with van der Waals surface area (Å²) in [4.78, 5) is 19.0. The van der Waals surface area contributed by atoms with Gasteiger partial charge in [0.05, 0.1) is 5.69 Å². The molecule has 0 saturated carbocycles. The van der Waals surface area contributed by atoms with Crippen molar-refractivity contribution in [3.63, 3.8) is 0 Å². The molecule has 4 rings (SSSR count). The van der Waals surface area contributed by atoms with Crippen LogP contribution in [-0.2, 0) is 14.6 Å². The summed E-state index contributed by atoms with van der Waals surface area (Å²) >= 11 is 0. The molecule has 2 aliphatic rings. The summed E-state index contributed by atoms with van der Waals surface area (Å²) in [6.45, 7) is 4.45. The average Bonchev–Trinajstić information content (AvgIpc) is 2.69. The summed E-state index contributed by atoms with van der Waals surface area (Å²) in [6, 6.07) is 10.5. The van der Waals surface area contributed by atoms with Gasteiger partial charge >= 0.3 is 0 Å². The molecule has 0 unspecified atom stereocenters. The molecule has 0 spiro atoms. The molecule has 0 radical (unpaired) electrons.